The van der Waals surface area contributed by atoms with Gasteiger partial charge in [0, 0.05) is 18.2 Å². The molecule has 0 aliphatic heterocycles. The van der Waals surface area contributed by atoms with Gasteiger partial charge in [-0.05, 0) is 37.0 Å². The zero-order valence-electron chi connectivity index (χ0n) is 19.6. The first kappa shape index (κ1) is 25.6. The molecule has 1 fully saturated rings. The zero-order chi connectivity index (χ0) is 25.2. The van der Waals surface area contributed by atoms with Crippen LogP contribution in [0.4, 0.5) is 5.69 Å². The second-order valence-corrected chi connectivity index (χ2v) is 8.47. The Morgan fingerprint density at radius 1 is 1.09 bits per heavy atom. The average molecular weight is 480 g/mol. The molecule has 0 aromatic heterocycles. The number of hydrogen-bond donors (Lipinski definition) is 2. The zero-order valence-corrected chi connectivity index (χ0v) is 19.6. The first-order valence-electron chi connectivity index (χ1n) is 11.6. The molecule has 1 atom stereocenters. The van der Waals surface area contributed by atoms with E-state index in [4.69, 9.17) is 4.74 Å². The van der Waals surface area contributed by atoms with Gasteiger partial charge < -0.3 is 15.4 Å². The van der Waals surface area contributed by atoms with Crippen molar-refractivity contribution in [1.82, 2.24) is 10.6 Å². The van der Waals surface area contributed by atoms with E-state index in [1.54, 1.807) is 19.1 Å². The maximum absolute atomic E-state index is 13.0. The lowest BCUT2D eigenvalue weighted by Crippen LogP contribution is -2.52. The van der Waals surface area contributed by atoms with Crippen molar-refractivity contribution in [3.8, 4) is 0 Å². The molecule has 9 nitrogen and oxygen atoms in total. The van der Waals surface area contributed by atoms with E-state index < -0.39 is 35.4 Å². The number of ether oxygens (including phenoxy) is 1. The highest BCUT2D eigenvalue weighted by molar-refractivity contribution is 5.97. The maximum Gasteiger partial charge on any atom is 0.345 e. The van der Waals surface area contributed by atoms with Gasteiger partial charge in [0.2, 0.25) is 11.8 Å². The molecule has 0 radical (unpaired) electrons. The number of rotatable bonds is 9. The van der Waals surface area contributed by atoms with Crippen LogP contribution in [0.1, 0.15) is 53.6 Å². The van der Waals surface area contributed by atoms with Crippen LogP contribution in [0.25, 0.3) is 6.08 Å². The van der Waals surface area contributed by atoms with Crippen LogP contribution < -0.4 is 10.6 Å². The molecule has 0 saturated heterocycles. The highest BCUT2D eigenvalue weighted by atomic mass is 16.6. The van der Waals surface area contributed by atoms with Crippen LogP contribution in [-0.2, 0) is 14.3 Å². The number of esters is 1. The second kappa shape index (κ2) is 12.5. The Labute approximate surface area is 203 Å². The van der Waals surface area contributed by atoms with Crippen LogP contribution in [0.5, 0.6) is 0 Å². The van der Waals surface area contributed by atoms with E-state index in [0.717, 1.165) is 37.7 Å². The summed E-state index contributed by atoms with van der Waals surface area (Å²) in [6.45, 7) is 1.10. The third-order valence-corrected chi connectivity index (χ3v) is 5.84. The van der Waals surface area contributed by atoms with Crippen LogP contribution >= 0.6 is 0 Å². The molecule has 2 N–H and O–H groups in total. The number of amides is 2. The average Bonchev–Trinajstić information content (AvgIpc) is 2.86. The number of nitro groups is 1. The van der Waals surface area contributed by atoms with Crippen molar-refractivity contribution in [2.75, 3.05) is 6.61 Å². The number of carbonyl (C=O) groups excluding carboxylic acids is 3. The molecular weight excluding hydrogens is 450 g/mol. The summed E-state index contributed by atoms with van der Waals surface area (Å²) >= 11 is 0. The quantitative estimate of drug-likeness (QED) is 0.244. The Morgan fingerprint density at radius 3 is 2.49 bits per heavy atom. The van der Waals surface area contributed by atoms with Crippen LogP contribution in [0, 0.1) is 17.0 Å². The summed E-state index contributed by atoms with van der Waals surface area (Å²) in [7, 11) is 0. The molecule has 2 aromatic rings. The van der Waals surface area contributed by atoms with Gasteiger partial charge in [-0.2, -0.15) is 0 Å². The summed E-state index contributed by atoms with van der Waals surface area (Å²) in [5.41, 5.74) is 0.624. The minimum atomic E-state index is -1.16. The number of carbonyl (C=O) groups is 3. The molecule has 35 heavy (non-hydrogen) atoms. The third-order valence-electron chi connectivity index (χ3n) is 5.84. The summed E-state index contributed by atoms with van der Waals surface area (Å²) in [4.78, 5) is 48.9. The molecule has 1 aliphatic carbocycles. The Hall–Kier alpha value is -4.01. The van der Waals surface area contributed by atoms with Gasteiger partial charge in [0.05, 0.1) is 4.92 Å². The highest BCUT2D eigenvalue weighted by Gasteiger charge is 2.28. The molecule has 2 amide bonds. The van der Waals surface area contributed by atoms with E-state index in [1.165, 1.54) is 18.2 Å². The fourth-order valence-corrected chi connectivity index (χ4v) is 3.99. The molecule has 0 spiro atoms. The molecule has 9 heteroatoms. The van der Waals surface area contributed by atoms with Gasteiger partial charge >= 0.3 is 5.97 Å². The summed E-state index contributed by atoms with van der Waals surface area (Å²) in [6.07, 6.45) is 7.72. The van der Waals surface area contributed by atoms with Crippen LogP contribution in [0.15, 0.2) is 54.6 Å². The van der Waals surface area contributed by atoms with Crippen LogP contribution in [0.3, 0.4) is 0 Å². The molecule has 0 unspecified atom stereocenters. The minimum absolute atomic E-state index is 0.0105. The summed E-state index contributed by atoms with van der Waals surface area (Å²) in [5, 5.41) is 16.9. The Bertz CT molecular complexity index is 1090. The van der Waals surface area contributed by atoms with Crippen molar-refractivity contribution >= 4 is 29.5 Å². The minimum Gasteiger partial charge on any atom is -0.459 e. The molecule has 2 aromatic carbocycles. The fraction of sp³-hybridized carbons (Fsp3) is 0.346. The van der Waals surface area contributed by atoms with E-state index in [0.29, 0.717) is 5.56 Å². The lowest BCUT2D eigenvalue weighted by atomic mass is 9.95. The van der Waals surface area contributed by atoms with Gasteiger partial charge in [0.15, 0.2) is 0 Å². The topological polar surface area (TPSA) is 128 Å². The normalized spacial score (nSPS) is 14.8. The van der Waals surface area contributed by atoms with E-state index in [-0.39, 0.29) is 17.3 Å². The van der Waals surface area contributed by atoms with Crippen molar-refractivity contribution < 1.29 is 24.0 Å². The molecule has 0 heterocycles. The molecular formula is C26H29N3O6. The first-order valence-corrected chi connectivity index (χ1v) is 11.6. The first-order chi connectivity index (χ1) is 16.8. The Morgan fingerprint density at radius 2 is 1.80 bits per heavy atom. The van der Waals surface area contributed by atoms with E-state index in [1.807, 2.05) is 30.3 Å². The van der Waals surface area contributed by atoms with Gasteiger partial charge in [-0.1, -0.05) is 61.7 Å². The van der Waals surface area contributed by atoms with E-state index in [2.05, 4.69) is 10.6 Å². The Balaban J connectivity index is 1.71. The predicted octanol–water partition coefficient (Wildman–Crippen LogP) is 3.71. The molecule has 184 valence electrons. The van der Waals surface area contributed by atoms with Gasteiger partial charge in [-0.3, -0.25) is 19.7 Å². The number of nitrogens with one attached hydrogen (secondary N) is 2. The number of hydrogen-bond acceptors (Lipinski definition) is 6. The van der Waals surface area contributed by atoms with Gasteiger partial charge in [0.25, 0.3) is 5.69 Å². The van der Waals surface area contributed by atoms with Gasteiger partial charge in [-0.25, -0.2) is 4.79 Å². The number of aryl methyl sites for hydroxylation is 1. The fourth-order valence-electron chi connectivity index (χ4n) is 3.99. The molecule has 0 bridgehead atoms. The predicted molar refractivity (Wildman–Crippen MR) is 131 cm³/mol. The van der Waals surface area contributed by atoms with Crippen molar-refractivity contribution in [2.24, 2.45) is 0 Å². The van der Waals surface area contributed by atoms with Crippen molar-refractivity contribution in [3.05, 3.63) is 81.4 Å². The van der Waals surface area contributed by atoms with Gasteiger partial charge in [0.1, 0.15) is 18.2 Å². The van der Waals surface area contributed by atoms with Crippen molar-refractivity contribution in [1.29, 1.82) is 0 Å². The van der Waals surface area contributed by atoms with Crippen LogP contribution in [-0.4, -0.2) is 41.4 Å². The highest BCUT2D eigenvalue weighted by Crippen LogP contribution is 2.23. The molecule has 1 saturated carbocycles. The lowest BCUT2D eigenvalue weighted by Gasteiger charge is -2.25. The lowest BCUT2D eigenvalue weighted by molar-refractivity contribution is -0.385. The number of nitro benzene ring substituents is 1. The largest absolute Gasteiger partial charge is 0.459 e. The van der Waals surface area contributed by atoms with E-state index in [9.17, 15) is 24.5 Å². The SMILES string of the molecule is Cc1cccc([N+](=O)[O-])c1C(=O)OC[C@@H](NC(=O)/C=C/c1ccccc1)C(=O)NC1CCCCC1. The van der Waals surface area contributed by atoms with Crippen molar-refractivity contribution in [2.45, 2.75) is 51.1 Å². The summed E-state index contributed by atoms with van der Waals surface area (Å²) < 4.78 is 5.29. The second-order valence-electron chi connectivity index (χ2n) is 8.47. The van der Waals surface area contributed by atoms with Crippen LogP contribution in [0.2, 0.25) is 0 Å². The number of benzene rings is 2. The smallest absolute Gasteiger partial charge is 0.345 e. The standard InChI is InChI=1S/C26H29N3O6/c1-18-9-8-14-22(29(33)34)24(18)26(32)35-17-21(25(31)27-20-12-6-3-7-13-20)28-23(30)16-15-19-10-4-2-5-11-19/h2,4-5,8-11,14-16,20-21H,3,6-7,12-13,17H2,1H3,(H,27,31)(H,28,30)/b16-15+/t21-/m1/s1. The molecule has 1 aliphatic rings. The summed E-state index contributed by atoms with van der Waals surface area (Å²) in [6, 6.07) is 12.3. The maximum atomic E-state index is 13.0. The molecule has 3 rings (SSSR count). The van der Waals surface area contributed by atoms with E-state index >= 15 is 0 Å². The number of nitrogens with zero attached hydrogens (tertiary/aromatic N) is 1. The summed E-state index contributed by atoms with van der Waals surface area (Å²) in [5.74, 6) is -1.93. The Kier molecular flexibility index (Phi) is 9.11. The van der Waals surface area contributed by atoms with Gasteiger partial charge in [-0.15, -0.1) is 0 Å². The monoisotopic (exact) mass is 479 g/mol. The van der Waals surface area contributed by atoms with Crippen molar-refractivity contribution in [3.63, 3.8) is 0 Å². The third kappa shape index (κ3) is 7.49.